The fraction of sp³-hybridized carbons (Fsp3) is 0.235. The van der Waals surface area contributed by atoms with E-state index in [2.05, 4.69) is 27.3 Å². The van der Waals surface area contributed by atoms with E-state index in [1.807, 2.05) is 30.3 Å². The van der Waals surface area contributed by atoms with Crippen LogP contribution in [0.4, 0.5) is 5.69 Å². The van der Waals surface area contributed by atoms with Gasteiger partial charge < -0.3 is 10.4 Å². The molecule has 106 valence electrons. The molecule has 0 amide bonds. The standard InChI is InChI=1S/C17H15BrN2O/c18-13-5-7-16(12(8-13)10-19)20-17-3-1-2-11-4-6-14(21)9-15(11)17/h4-9,17,20-21H,1-3H2. The average molecular weight is 343 g/mol. The second kappa shape index (κ2) is 5.79. The largest absolute Gasteiger partial charge is 0.508 e. The van der Waals surface area contributed by atoms with Crippen molar-refractivity contribution in [2.45, 2.75) is 25.3 Å². The minimum Gasteiger partial charge on any atom is -0.508 e. The molecule has 1 aliphatic carbocycles. The normalized spacial score (nSPS) is 16.9. The number of fused-ring (bicyclic) bond motifs is 1. The van der Waals surface area contributed by atoms with E-state index in [4.69, 9.17) is 0 Å². The van der Waals surface area contributed by atoms with Gasteiger partial charge in [-0.25, -0.2) is 0 Å². The Morgan fingerprint density at radius 2 is 2.10 bits per heavy atom. The van der Waals surface area contributed by atoms with Crippen LogP contribution in [0.15, 0.2) is 40.9 Å². The number of nitriles is 1. The third-order valence-electron chi connectivity index (χ3n) is 3.88. The molecule has 0 fully saturated rings. The number of phenolic OH excluding ortho intramolecular Hbond substituents is 1. The smallest absolute Gasteiger partial charge is 0.115 e. The van der Waals surface area contributed by atoms with Gasteiger partial charge in [0.05, 0.1) is 17.3 Å². The van der Waals surface area contributed by atoms with Gasteiger partial charge in [-0.2, -0.15) is 5.26 Å². The van der Waals surface area contributed by atoms with Gasteiger partial charge in [-0.05, 0) is 60.7 Å². The highest BCUT2D eigenvalue weighted by molar-refractivity contribution is 9.10. The quantitative estimate of drug-likeness (QED) is 0.843. The van der Waals surface area contributed by atoms with E-state index in [0.717, 1.165) is 35.0 Å². The van der Waals surface area contributed by atoms with Gasteiger partial charge in [0.2, 0.25) is 0 Å². The minimum atomic E-state index is 0.133. The Kier molecular flexibility index (Phi) is 3.85. The topological polar surface area (TPSA) is 56.0 Å². The second-order valence-corrected chi connectivity index (χ2v) is 6.19. The first-order chi connectivity index (χ1) is 10.2. The summed E-state index contributed by atoms with van der Waals surface area (Å²) in [5, 5.41) is 22.4. The van der Waals surface area contributed by atoms with Crippen molar-refractivity contribution in [3.05, 3.63) is 57.6 Å². The summed E-state index contributed by atoms with van der Waals surface area (Å²) in [5.41, 5.74) is 3.86. The minimum absolute atomic E-state index is 0.133. The number of anilines is 1. The molecule has 0 radical (unpaired) electrons. The van der Waals surface area contributed by atoms with Crippen molar-refractivity contribution >= 4 is 21.6 Å². The van der Waals surface area contributed by atoms with E-state index < -0.39 is 0 Å². The maximum Gasteiger partial charge on any atom is 0.115 e. The van der Waals surface area contributed by atoms with Crippen molar-refractivity contribution in [2.24, 2.45) is 0 Å². The molecule has 1 unspecified atom stereocenters. The van der Waals surface area contributed by atoms with Crippen LogP contribution >= 0.6 is 15.9 Å². The number of phenols is 1. The predicted molar refractivity (Wildman–Crippen MR) is 86.3 cm³/mol. The summed E-state index contributed by atoms with van der Waals surface area (Å²) in [6.45, 7) is 0. The number of benzene rings is 2. The van der Waals surface area contributed by atoms with Gasteiger partial charge in [-0.1, -0.05) is 22.0 Å². The van der Waals surface area contributed by atoms with Crippen molar-refractivity contribution < 1.29 is 5.11 Å². The van der Waals surface area contributed by atoms with Gasteiger partial charge >= 0.3 is 0 Å². The lowest BCUT2D eigenvalue weighted by molar-refractivity contribution is 0.471. The maximum atomic E-state index is 9.72. The number of hydrogen-bond donors (Lipinski definition) is 2. The third kappa shape index (κ3) is 2.88. The monoisotopic (exact) mass is 342 g/mol. The van der Waals surface area contributed by atoms with Crippen LogP contribution in [0.1, 0.15) is 35.6 Å². The molecule has 0 bridgehead atoms. The summed E-state index contributed by atoms with van der Waals surface area (Å²) >= 11 is 3.39. The van der Waals surface area contributed by atoms with E-state index in [1.54, 1.807) is 6.07 Å². The first-order valence-corrected chi connectivity index (χ1v) is 7.74. The van der Waals surface area contributed by atoms with Crippen LogP contribution in [0, 0.1) is 11.3 Å². The Balaban J connectivity index is 1.94. The predicted octanol–water partition coefficient (Wildman–Crippen LogP) is 4.52. The molecular weight excluding hydrogens is 328 g/mol. The molecule has 2 aromatic rings. The van der Waals surface area contributed by atoms with Crippen LogP contribution in [0.25, 0.3) is 0 Å². The number of rotatable bonds is 2. The molecule has 0 spiro atoms. The lowest BCUT2D eigenvalue weighted by Crippen LogP contribution is -2.17. The Bertz CT molecular complexity index is 721. The number of nitrogens with zero attached hydrogens (tertiary/aromatic N) is 1. The number of aryl methyl sites for hydroxylation is 1. The fourth-order valence-electron chi connectivity index (χ4n) is 2.86. The summed E-state index contributed by atoms with van der Waals surface area (Å²) in [5.74, 6) is 0.291. The molecule has 21 heavy (non-hydrogen) atoms. The van der Waals surface area contributed by atoms with E-state index >= 15 is 0 Å². The molecule has 2 aromatic carbocycles. The SMILES string of the molecule is N#Cc1cc(Br)ccc1NC1CCCc2ccc(O)cc21. The van der Waals surface area contributed by atoms with Crippen LogP contribution in [0.3, 0.4) is 0 Å². The highest BCUT2D eigenvalue weighted by Gasteiger charge is 2.21. The highest BCUT2D eigenvalue weighted by atomic mass is 79.9. The summed E-state index contributed by atoms with van der Waals surface area (Å²) in [6, 6.07) is 13.6. The molecule has 2 N–H and O–H groups in total. The van der Waals surface area contributed by atoms with Crippen LogP contribution in [0.2, 0.25) is 0 Å². The lowest BCUT2D eigenvalue weighted by Gasteiger charge is -2.27. The van der Waals surface area contributed by atoms with Crippen LogP contribution in [-0.4, -0.2) is 5.11 Å². The Labute approximate surface area is 132 Å². The summed E-state index contributed by atoms with van der Waals surface area (Å²) in [4.78, 5) is 0. The molecule has 3 rings (SSSR count). The van der Waals surface area contributed by atoms with Gasteiger partial charge in [0, 0.05) is 4.47 Å². The molecule has 0 saturated heterocycles. The zero-order valence-corrected chi connectivity index (χ0v) is 13.0. The molecule has 1 aliphatic rings. The van der Waals surface area contributed by atoms with Crippen LogP contribution in [-0.2, 0) is 6.42 Å². The number of halogens is 1. The molecule has 0 saturated carbocycles. The van der Waals surface area contributed by atoms with Crippen molar-refractivity contribution in [1.82, 2.24) is 0 Å². The highest BCUT2D eigenvalue weighted by Crippen LogP contribution is 2.35. The van der Waals surface area contributed by atoms with Crippen molar-refractivity contribution in [2.75, 3.05) is 5.32 Å². The van der Waals surface area contributed by atoms with E-state index in [1.165, 1.54) is 5.56 Å². The molecule has 3 nitrogen and oxygen atoms in total. The first-order valence-electron chi connectivity index (χ1n) is 6.95. The molecule has 4 heteroatoms. The van der Waals surface area contributed by atoms with Crippen LogP contribution < -0.4 is 5.32 Å². The zero-order valence-electron chi connectivity index (χ0n) is 11.4. The molecule has 0 heterocycles. The Hall–Kier alpha value is -1.99. The van der Waals surface area contributed by atoms with E-state index in [9.17, 15) is 10.4 Å². The summed E-state index contributed by atoms with van der Waals surface area (Å²) in [6.07, 6.45) is 3.14. The third-order valence-corrected chi connectivity index (χ3v) is 4.37. The maximum absolute atomic E-state index is 9.72. The second-order valence-electron chi connectivity index (χ2n) is 5.27. The number of nitrogens with one attached hydrogen (secondary N) is 1. The van der Waals surface area contributed by atoms with Gasteiger partial charge in [-0.15, -0.1) is 0 Å². The van der Waals surface area contributed by atoms with Gasteiger partial charge in [0.15, 0.2) is 0 Å². The molecule has 1 atom stereocenters. The van der Waals surface area contributed by atoms with Gasteiger partial charge in [-0.3, -0.25) is 0 Å². The number of aromatic hydroxyl groups is 1. The van der Waals surface area contributed by atoms with Crippen molar-refractivity contribution in [3.8, 4) is 11.8 Å². The first kappa shape index (κ1) is 14.0. The van der Waals surface area contributed by atoms with Crippen LogP contribution in [0.5, 0.6) is 5.75 Å². The number of hydrogen-bond acceptors (Lipinski definition) is 3. The Morgan fingerprint density at radius 3 is 2.90 bits per heavy atom. The van der Waals surface area contributed by atoms with Crippen molar-refractivity contribution in [3.63, 3.8) is 0 Å². The average Bonchev–Trinajstić information content (AvgIpc) is 2.49. The Morgan fingerprint density at radius 1 is 1.24 bits per heavy atom. The van der Waals surface area contributed by atoms with E-state index in [-0.39, 0.29) is 6.04 Å². The molecular formula is C17H15BrN2O. The fourth-order valence-corrected chi connectivity index (χ4v) is 3.22. The van der Waals surface area contributed by atoms with Gasteiger partial charge in [0.1, 0.15) is 11.8 Å². The van der Waals surface area contributed by atoms with E-state index in [0.29, 0.717) is 11.3 Å². The summed E-state index contributed by atoms with van der Waals surface area (Å²) in [7, 11) is 0. The summed E-state index contributed by atoms with van der Waals surface area (Å²) < 4.78 is 0.895. The van der Waals surface area contributed by atoms with Crippen molar-refractivity contribution in [1.29, 1.82) is 5.26 Å². The zero-order chi connectivity index (χ0) is 14.8. The molecule has 0 aromatic heterocycles. The van der Waals surface area contributed by atoms with Gasteiger partial charge in [0.25, 0.3) is 0 Å². The molecule has 0 aliphatic heterocycles. The lowest BCUT2D eigenvalue weighted by atomic mass is 9.87.